The number of nitro groups is 1. The van der Waals surface area contributed by atoms with E-state index in [1.807, 2.05) is 0 Å². The minimum absolute atomic E-state index is 0.0591. The highest BCUT2D eigenvalue weighted by molar-refractivity contribution is 5.44. The Hall–Kier alpha value is -1.69. The van der Waals surface area contributed by atoms with Crippen molar-refractivity contribution in [3.05, 3.63) is 28.4 Å². The zero-order chi connectivity index (χ0) is 12.3. The minimum atomic E-state index is -0.417. The van der Waals surface area contributed by atoms with Crippen LogP contribution in [0.3, 0.4) is 0 Å². The lowest BCUT2D eigenvalue weighted by atomic mass is 10.2. The normalized spacial score (nSPS) is 23.6. The molecule has 17 heavy (non-hydrogen) atoms. The maximum absolute atomic E-state index is 10.6. The average molecular weight is 237 g/mol. The number of methoxy groups -OCH3 is 1. The highest BCUT2D eigenvalue weighted by atomic mass is 16.6. The van der Waals surface area contributed by atoms with Crippen molar-refractivity contribution in [1.29, 1.82) is 0 Å². The quantitative estimate of drug-likeness (QED) is 0.639. The molecule has 1 aromatic heterocycles. The summed E-state index contributed by atoms with van der Waals surface area (Å²) in [7, 11) is 1.71. The SMILES string of the molecule is COC1CCC(Nc2cc([N+](=O)[O-])ccn2)C1. The molecular weight excluding hydrogens is 222 g/mol. The third kappa shape index (κ3) is 2.91. The van der Waals surface area contributed by atoms with Crippen LogP contribution >= 0.6 is 0 Å². The first-order chi connectivity index (χ1) is 8.19. The molecule has 1 fully saturated rings. The van der Waals surface area contributed by atoms with Crippen molar-refractivity contribution in [3.8, 4) is 0 Å². The molecule has 6 heteroatoms. The molecule has 0 aromatic carbocycles. The van der Waals surface area contributed by atoms with Gasteiger partial charge < -0.3 is 10.1 Å². The molecule has 0 saturated heterocycles. The summed E-state index contributed by atoms with van der Waals surface area (Å²) < 4.78 is 5.27. The first-order valence-corrected chi connectivity index (χ1v) is 5.59. The van der Waals surface area contributed by atoms with Crippen LogP contribution in [0.4, 0.5) is 11.5 Å². The summed E-state index contributed by atoms with van der Waals surface area (Å²) in [6.45, 7) is 0. The zero-order valence-corrected chi connectivity index (χ0v) is 9.63. The maximum atomic E-state index is 10.6. The standard InChI is InChI=1S/C11H15N3O3/c1-17-10-3-2-8(6-10)13-11-7-9(14(15)16)4-5-12-11/h4-5,7-8,10H,2-3,6H2,1H3,(H,12,13). The Morgan fingerprint density at radius 1 is 1.59 bits per heavy atom. The van der Waals surface area contributed by atoms with Crippen molar-refractivity contribution in [2.45, 2.75) is 31.4 Å². The lowest BCUT2D eigenvalue weighted by Crippen LogP contribution is -2.18. The number of pyridine rings is 1. The van der Waals surface area contributed by atoms with Gasteiger partial charge in [0.05, 0.1) is 17.1 Å². The van der Waals surface area contributed by atoms with Crippen molar-refractivity contribution >= 4 is 11.5 Å². The summed E-state index contributed by atoms with van der Waals surface area (Å²) in [4.78, 5) is 14.3. The smallest absolute Gasteiger partial charge is 0.274 e. The van der Waals surface area contributed by atoms with E-state index < -0.39 is 4.92 Å². The summed E-state index contributed by atoms with van der Waals surface area (Å²) in [5.41, 5.74) is 0.0591. The number of ether oxygens (including phenoxy) is 1. The average Bonchev–Trinajstić information content (AvgIpc) is 2.77. The second kappa shape index (κ2) is 5.09. The van der Waals surface area contributed by atoms with E-state index in [1.165, 1.54) is 18.3 Å². The molecule has 1 aromatic rings. The Bertz CT molecular complexity index is 411. The molecule has 1 N–H and O–H groups in total. The third-order valence-corrected chi connectivity index (χ3v) is 3.02. The fraction of sp³-hybridized carbons (Fsp3) is 0.545. The summed E-state index contributed by atoms with van der Waals surface area (Å²) in [6, 6.07) is 3.13. The Kier molecular flexibility index (Phi) is 3.53. The molecular formula is C11H15N3O3. The van der Waals surface area contributed by atoms with Crippen molar-refractivity contribution in [3.63, 3.8) is 0 Å². The zero-order valence-electron chi connectivity index (χ0n) is 9.63. The largest absolute Gasteiger partial charge is 0.381 e. The number of aromatic nitrogens is 1. The van der Waals surface area contributed by atoms with Crippen molar-refractivity contribution < 1.29 is 9.66 Å². The molecule has 1 heterocycles. The molecule has 2 rings (SSSR count). The minimum Gasteiger partial charge on any atom is -0.381 e. The summed E-state index contributed by atoms with van der Waals surface area (Å²) in [6.07, 6.45) is 4.67. The van der Waals surface area contributed by atoms with Crippen LogP contribution in [0.2, 0.25) is 0 Å². The highest BCUT2D eigenvalue weighted by Gasteiger charge is 2.24. The van der Waals surface area contributed by atoms with Gasteiger partial charge in [-0.25, -0.2) is 4.98 Å². The van der Waals surface area contributed by atoms with Gasteiger partial charge in [-0.2, -0.15) is 0 Å². The van der Waals surface area contributed by atoms with Crippen LogP contribution in [-0.2, 0) is 4.74 Å². The Morgan fingerprint density at radius 2 is 2.41 bits per heavy atom. The molecule has 0 radical (unpaired) electrons. The molecule has 0 spiro atoms. The number of rotatable bonds is 4. The number of nitrogens with zero attached hydrogens (tertiary/aromatic N) is 2. The van der Waals surface area contributed by atoms with E-state index >= 15 is 0 Å². The number of hydrogen-bond donors (Lipinski definition) is 1. The van der Waals surface area contributed by atoms with Crippen LogP contribution < -0.4 is 5.32 Å². The molecule has 6 nitrogen and oxygen atoms in total. The molecule has 0 amide bonds. The van der Waals surface area contributed by atoms with Crippen LogP contribution in [0.1, 0.15) is 19.3 Å². The molecule has 0 bridgehead atoms. The van der Waals surface area contributed by atoms with Gasteiger partial charge in [0, 0.05) is 25.4 Å². The summed E-state index contributed by atoms with van der Waals surface area (Å²) in [5.74, 6) is 0.556. The van der Waals surface area contributed by atoms with Gasteiger partial charge >= 0.3 is 0 Å². The molecule has 2 atom stereocenters. The number of nitrogens with one attached hydrogen (secondary N) is 1. The van der Waals surface area contributed by atoms with Crippen LogP contribution in [0, 0.1) is 10.1 Å². The van der Waals surface area contributed by atoms with Gasteiger partial charge in [-0.05, 0) is 19.3 Å². The van der Waals surface area contributed by atoms with E-state index in [1.54, 1.807) is 7.11 Å². The van der Waals surface area contributed by atoms with Gasteiger partial charge in [-0.1, -0.05) is 0 Å². The third-order valence-electron chi connectivity index (χ3n) is 3.02. The molecule has 1 aliphatic carbocycles. The van der Waals surface area contributed by atoms with Gasteiger partial charge in [0.15, 0.2) is 0 Å². The van der Waals surface area contributed by atoms with Gasteiger partial charge in [0.25, 0.3) is 5.69 Å². The second-order valence-corrected chi connectivity index (χ2v) is 4.17. The van der Waals surface area contributed by atoms with Crippen molar-refractivity contribution in [1.82, 2.24) is 4.98 Å². The van der Waals surface area contributed by atoms with Crippen LogP contribution in [0.5, 0.6) is 0 Å². The monoisotopic (exact) mass is 237 g/mol. The molecule has 0 aliphatic heterocycles. The van der Waals surface area contributed by atoms with Crippen LogP contribution in [-0.4, -0.2) is 29.2 Å². The van der Waals surface area contributed by atoms with Crippen LogP contribution in [0.25, 0.3) is 0 Å². The lowest BCUT2D eigenvalue weighted by Gasteiger charge is -2.13. The van der Waals surface area contributed by atoms with Crippen LogP contribution in [0.15, 0.2) is 18.3 Å². The lowest BCUT2D eigenvalue weighted by molar-refractivity contribution is -0.384. The fourth-order valence-corrected chi connectivity index (χ4v) is 2.11. The summed E-state index contributed by atoms with van der Waals surface area (Å²) in [5, 5.41) is 13.8. The maximum Gasteiger partial charge on any atom is 0.274 e. The molecule has 1 aliphatic rings. The van der Waals surface area contributed by atoms with Gasteiger partial charge in [-0.15, -0.1) is 0 Å². The first-order valence-electron chi connectivity index (χ1n) is 5.59. The Labute approximate surface area is 99.2 Å². The van der Waals surface area contributed by atoms with E-state index in [2.05, 4.69) is 10.3 Å². The van der Waals surface area contributed by atoms with E-state index in [4.69, 9.17) is 4.74 Å². The Morgan fingerprint density at radius 3 is 3.06 bits per heavy atom. The number of hydrogen-bond acceptors (Lipinski definition) is 5. The van der Waals surface area contributed by atoms with Gasteiger partial charge in [0.2, 0.25) is 0 Å². The second-order valence-electron chi connectivity index (χ2n) is 4.17. The first kappa shape index (κ1) is 11.8. The van der Waals surface area contributed by atoms with Crippen molar-refractivity contribution in [2.75, 3.05) is 12.4 Å². The number of anilines is 1. The van der Waals surface area contributed by atoms with Gasteiger partial charge in [-0.3, -0.25) is 10.1 Å². The predicted octanol–water partition coefficient (Wildman–Crippen LogP) is 1.97. The summed E-state index contributed by atoms with van der Waals surface area (Å²) >= 11 is 0. The fourth-order valence-electron chi connectivity index (χ4n) is 2.11. The van der Waals surface area contributed by atoms with E-state index in [-0.39, 0.29) is 17.8 Å². The van der Waals surface area contributed by atoms with E-state index in [0.717, 1.165) is 19.3 Å². The Balaban J connectivity index is 1.99. The highest BCUT2D eigenvalue weighted by Crippen LogP contribution is 2.25. The topological polar surface area (TPSA) is 77.3 Å². The van der Waals surface area contributed by atoms with Crippen molar-refractivity contribution in [2.24, 2.45) is 0 Å². The molecule has 92 valence electrons. The molecule has 1 saturated carbocycles. The van der Waals surface area contributed by atoms with Gasteiger partial charge in [0.1, 0.15) is 5.82 Å². The predicted molar refractivity (Wildman–Crippen MR) is 63.0 cm³/mol. The van der Waals surface area contributed by atoms with E-state index in [9.17, 15) is 10.1 Å². The molecule has 2 unspecified atom stereocenters. The van der Waals surface area contributed by atoms with E-state index in [0.29, 0.717) is 5.82 Å².